The van der Waals surface area contributed by atoms with E-state index in [0.29, 0.717) is 19.7 Å². The summed E-state index contributed by atoms with van der Waals surface area (Å²) >= 11 is -0.500. The van der Waals surface area contributed by atoms with Crippen molar-refractivity contribution in [3.05, 3.63) is 47.5 Å². The zero-order valence-corrected chi connectivity index (χ0v) is 29.0. The lowest BCUT2D eigenvalue weighted by atomic mass is 9.89. The average molecular weight is 738 g/mol. The van der Waals surface area contributed by atoms with Gasteiger partial charge in [0.05, 0.1) is 17.8 Å². The number of likely N-dealkylation sites (tertiary alicyclic amines) is 1. The second kappa shape index (κ2) is 12.3. The van der Waals surface area contributed by atoms with E-state index in [9.17, 15) is 18.3 Å². The molecular formula is C38H36F5N5O3S. The zero-order valence-electron chi connectivity index (χ0n) is 28.2. The molecule has 272 valence electrons. The van der Waals surface area contributed by atoms with Crippen LogP contribution in [0.3, 0.4) is 0 Å². The first-order valence-corrected chi connectivity index (χ1v) is 18.4. The number of alkyl halides is 3. The molecule has 52 heavy (non-hydrogen) atoms. The van der Waals surface area contributed by atoms with Crippen molar-refractivity contribution in [2.24, 2.45) is 5.41 Å². The summed E-state index contributed by atoms with van der Waals surface area (Å²) in [6, 6.07) is 6.31. The number of benzene rings is 3. The first-order valence-electron chi connectivity index (χ1n) is 17.6. The third-order valence-corrected chi connectivity index (χ3v) is 12.1. The van der Waals surface area contributed by atoms with Crippen LogP contribution in [-0.4, -0.2) is 89.1 Å². The highest BCUT2D eigenvalue weighted by Crippen LogP contribution is 2.51. The van der Waals surface area contributed by atoms with Gasteiger partial charge >= 0.3 is 11.5 Å². The van der Waals surface area contributed by atoms with Crippen molar-refractivity contribution in [1.29, 1.82) is 0 Å². The van der Waals surface area contributed by atoms with E-state index < -0.39 is 39.4 Å². The number of hydrogen-bond donors (Lipinski definition) is 2. The minimum Gasteiger partial charge on any atom is -0.508 e. The van der Waals surface area contributed by atoms with Crippen LogP contribution >= 0.6 is 11.8 Å². The molecule has 5 aliphatic rings. The highest BCUT2D eigenvalue weighted by atomic mass is 32.2. The Balaban J connectivity index is 1.17. The van der Waals surface area contributed by atoms with Crippen molar-refractivity contribution < 1.29 is 36.5 Å². The minimum absolute atomic E-state index is 0.00142. The minimum atomic E-state index is -4.82. The summed E-state index contributed by atoms with van der Waals surface area (Å²) in [7, 11) is 0. The van der Waals surface area contributed by atoms with Crippen LogP contribution < -0.4 is 15.0 Å². The van der Waals surface area contributed by atoms with Crippen LogP contribution in [0.1, 0.15) is 44.1 Å². The molecule has 2 unspecified atom stereocenters. The Bertz CT molecular complexity index is 2130. The van der Waals surface area contributed by atoms with E-state index in [1.165, 1.54) is 18.2 Å². The molecule has 1 spiro atoms. The molecule has 2 bridgehead atoms. The van der Waals surface area contributed by atoms with Gasteiger partial charge in [-0.3, -0.25) is 4.90 Å². The molecule has 4 aromatic rings. The van der Waals surface area contributed by atoms with Gasteiger partial charge in [0, 0.05) is 78.1 Å². The van der Waals surface area contributed by atoms with Gasteiger partial charge in [-0.25, -0.2) is 8.78 Å². The molecule has 9 rings (SSSR count). The molecule has 1 aliphatic carbocycles. The number of piperazine rings is 1. The first-order chi connectivity index (χ1) is 24.9. The lowest BCUT2D eigenvalue weighted by Crippen LogP contribution is -2.62. The van der Waals surface area contributed by atoms with E-state index in [-0.39, 0.29) is 73.5 Å². The van der Waals surface area contributed by atoms with Gasteiger partial charge < -0.3 is 24.8 Å². The Morgan fingerprint density at radius 1 is 1.08 bits per heavy atom. The Morgan fingerprint density at radius 3 is 2.52 bits per heavy atom. The normalized spacial score (nSPS) is 23.3. The zero-order chi connectivity index (χ0) is 36.0. The number of phenols is 1. The number of anilines is 1. The monoisotopic (exact) mass is 737 g/mol. The van der Waals surface area contributed by atoms with Gasteiger partial charge in [-0.05, 0) is 85.5 Å². The topological polar surface area (TPSA) is 83.0 Å². The van der Waals surface area contributed by atoms with Gasteiger partial charge in [-0.2, -0.15) is 23.1 Å². The number of aromatic nitrogens is 2. The number of halogens is 5. The molecule has 2 atom stereocenters. The molecular weight excluding hydrogens is 702 g/mol. The third-order valence-electron chi connectivity index (χ3n) is 11.3. The predicted molar refractivity (Wildman–Crippen MR) is 188 cm³/mol. The van der Waals surface area contributed by atoms with Gasteiger partial charge in [-0.1, -0.05) is 12.0 Å². The number of fused-ring (bicyclic) bond motifs is 4. The number of thioether (sulfide) groups is 1. The second-order valence-corrected chi connectivity index (χ2v) is 16.2. The molecule has 2 N–H and O–H groups in total. The van der Waals surface area contributed by atoms with Crippen molar-refractivity contribution in [1.82, 2.24) is 20.2 Å². The quantitative estimate of drug-likeness (QED) is 0.113. The van der Waals surface area contributed by atoms with Gasteiger partial charge in [-0.15, -0.1) is 6.42 Å². The number of nitrogens with one attached hydrogen (secondary N) is 1. The van der Waals surface area contributed by atoms with Crippen molar-refractivity contribution in [2.45, 2.75) is 66.6 Å². The summed E-state index contributed by atoms with van der Waals surface area (Å²) in [5, 5.41) is 14.6. The van der Waals surface area contributed by atoms with Crippen LogP contribution in [0, 0.1) is 29.4 Å². The summed E-state index contributed by atoms with van der Waals surface area (Å²) < 4.78 is 87.4. The summed E-state index contributed by atoms with van der Waals surface area (Å²) in [5.74, 6) is 0.306. The lowest BCUT2D eigenvalue weighted by molar-refractivity contribution is -0.117. The lowest BCUT2D eigenvalue weighted by Gasteiger charge is -2.48. The molecule has 1 saturated carbocycles. The highest BCUT2D eigenvalue weighted by Gasteiger charge is 2.52. The average Bonchev–Trinajstić information content (AvgIpc) is 3.51. The Labute approximate surface area is 301 Å². The fourth-order valence-electron chi connectivity index (χ4n) is 8.76. The molecule has 0 amide bonds. The molecule has 5 fully saturated rings. The number of phenolic OH excluding ortho intramolecular Hbond substituents is 1. The van der Waals surface area contributed by atoms with Crippen LogP contribution in [0.25, 0.3) is 32.8 Å². The number of nitrogens with zero attached hydrogens (tertiary/aromatic N) is 4. The molecule has 4 aliphatic heterocycles. The number of aromatic hydroxyl groups is 1. The maximum absolute atomic E-state index is 17.3. The van der Waals surface area contributed by atoms with Crippen molar-refractivity contribution in [3.63, 3.8) is 0 Å². The molecule has 4 saturated heterocycles. The maximum Gasteiger partial charge on any atom is 0.446 e. The van der Waals surface area contributed by atoms with Gasteiger partial charge in [0.2, 0.25) is 0 Å². The van der Waals surface area contributed by atoms with Crippen LogP contribution in [0.5, 0.6) is 11.8 Å². The molecule has 3 aromatic carbocycles. The van der Waals surface area contributed by atoms with E-state index in [0.717, 1.165) is 76.9 Å². The largest absolute Gasteiger partial charge is 0.508 e. The summed E-state index contributed by atoms with van der Waals surface area (Å²) in [5.41, 5.74) is -6.16. The Hall–Kier alpha value is -3.90. The van der Waals surface area contributed by atoms with E-state index in [2.05, 4.69) is 21.1 Å². The molecule has 0 radical (unpaired) electrons. The van der Waals surface area contributed by atoms with E-state index in [4.69, 9.17) is 20.9 Å². The smallest absolute Gasteiger partial charge is 0.446 e. The maximum atomic E-state index is 17.3. The predicted octanol–water partition coefficient (Wildman–Crippen LogP) is 6.99. The van der Waals surface area contributed by atoms with Crippen LogP contribution in [-0.2, 0) is 4.74 Å². The van der Waals surface area contributed by atoms with E-state index >= 15 is 8.78 Å². The Kier molecular flexibility index (Phi) is 8.04. The van der Waals surface area contributed by atoms with Gasteiger partial charge in [0.25, 0.3) is 0 Å². The van der Waals surface area contributed by atoms with E-state index in [1.54, 1.807) is 0 Å². The first kappa shape index (κ1) is 33.9. The van der Waals surface area contributed by atoms with Crippen molar-refractivity contribution in [2.75, 3.05) is 50.8 Å². The summed E-state index contributed by atoms with van der Waals surface area (Å²) in [6.45, 7) is 4.75. The number of hydrogen-bond acceptors (Lipinski definition) is 9. The van der Waals surface area contributed by atoms with Crippen LogP contribution in [0.15, 0.2) is 35.2 Å². The van der Waals surface area contributed by atoms with Crippen molar-refractivity contribution in [3.8, 4) is 35.2 Å². The number of ether oxygens (including phenoxy) is 2. The highest BCUT2D eigenvalue weighted by molar-refractivity contribution is 8.00. The SMILES string of the molecule is C#Cc1c(F)ccc2cc(O)cc(-c3c(SC(F)(F)F)cc4c(N5CC6CCC(C5)N6)nc(OCC5(CN6CC7(CCCO7)C6)CC5)nc4c3F)c12. The Morgan fingerprint density at radius 2 is 1.85 bits per heavy atom. The van der Waals surface area contributed by atoms with Gasteiger partial charge in [0.1, 0.15) is 22.9 Å². The van der Waals surface area contributed by atoms with Crippen LogP contribution in [0.2, 0.25) is 0 Å². The summed E-state index contributed by atoms with van der Waals surface area (Å²) in [4.78, 5) is 13.1. The fraction of sp³-hybridized carbons (Fsp3) is 0.474. The molecule has 8 nitrogen and oxygen atoms in total. The van der Waals surface area contributed by atoms with Crippen molar-refractivity contribution >= 4 is 39.3 Å². The van der Waals surface area contributed by atoms with E-state index in [1.807, 2.05) is 4.90 Å². The van der Waals surface area contributed by atoms with Crippen LogP contribution in [0.4, 0.5) is 27.8 Å². The third kappa shape index (κ3) is 6.09. The van der Waals surface area contributed by atoms with Gasteiger partial charge in [0.15, 0.2) is 5.82 Å². The second-order valence-electron chi connectivity index (χ2n) is 15.1. The summed E-state index contributed by atoms with van der Waals surface area (Å²) in [6.07, 6.45) is 11.6. The molecule has 5 heterocycles. The fourth-order valence-corrected chi connectivity index (χ4v) is 9.49. The standard InChI is InChI=1S/C38H36F5N5O3S/c1-2-25-28(39)7-4-21-12-24(49)13-26(30(21)25)31-29(52-38(41,42)43)14-27-33(32(31)40)45-35(46-34(27)48-15-22-5-6-23(16-48)44-22)50-20-36(9-10-36)17-47-18-37(19-47)8-3-11-51-37/h1,4,7,12-14,22-23,44,49H,3,5-6,8-11,15-20H2. The number of terminal acetylenes is 1. The molecule has 1 aromatic heterocycles. The molecule has 14 heteroatoms. The number of rotatable bonds is 8.